The summed E-state index contributed by atoms with van der Waals surface area (Å²) < 4.78 is 5.15. The molecule has 0 unspecified atom stereocenters. The van der Waals surface area contributed by atoms with E-state index in [0.29, 0.717) is 0 Å². The summed E-state index contributed by atoms with van der Waals surface area (Å²) in [5, 5.41) is 10.2. The van der Waals surface area contributed by atoms with E-state index < -0.39 is 4.92 Å². The van der Waals surface area contributed by atoms with E-state index in [1.807, 2.05) is 26.0 Å². The summed E-state index contributed by atoms with van der Waals surface area (Å²) in [5.41, 5.74) is 2.76. The van der Waals surface area contributed by atoms with Gasteiger partial charge in [-0.1, -0.05) is 0 Å². The van der Waals surface area contributed by atoms with Gasteiger partial charge in [-0.2, -0.15) is 0 Å². The van der Waals surface area contributed by atoms with Crippen molar-refractivity contribution in [3.63, 3.8) is 0 Å². The maximum absolute atomic E-state index is 10.2. The molecule has 4 heteroatoms. The van der Waals surface area contributed by atoms with Crippen LogP contribution >= 0.6 is 0 Å². The van der Waals surface area contributed by atoms with E-state index in [1.54, 1.807) is 7.11 Å². The molecule has 0 saturated carbocycles. The Hall–Kier alpha value is -1.84. The zero-order chi connectivity index (χ0) is 11.4. The minimum absolute atomic E-state index is 0.473. The molecule has 0 bridgehead atoms. The molecule has 0 amide bonds. The molecule has 80 valence electrons. The number of benzene rings is 1. The third kappa shape index (κ3) is 2.80. The highest BCUT2D eigenvalue weighted by Crippen LogP contribution is 2.23. The van der Waals surface area contributed by atoms with Crippen LogP contribution in [0.4, 0.5) is 0 Å². The lowest BCUT2D eigenvalue weighted by Crippen LogP contribution is -1.91. The molecular weight excluding hydrogens is 194 g/mol. The Kier molecular flexibility index (Phi) is 3.44. The van der Waals surface area contributed by atoms with Gasteiger partial charge in [0, 0.05) is 6.08 Å². The van der Waals surface area contributed by atoms with Crippen molar-refractivity contribution in [1.29, 1.82) is 0 Å². The van der Waals surface area contributed by atoms with Gasteiger partial charge in [-0.15, -0.1) is 0 Å². The SMILES string of the molecule is COc1cc(C)c(/C=C/[N+](=O)[O-])cc1C. The summed E-state index contributed by atoms with van der Waals surface area (Å²) in [5.74, 6) is 0.797. The molecule has 1 rings (SSSR count). The number of nitrogens with zero attached hydrogens (tertiary/aromatic N) is 1. The van der Waals surface area contributed by atoms with Gasteiger partial charge in [0.05, 0.1) is 12.0 Å². The van der Waals surface area contributed by atoms with Crippen molar-refractivity contribution in [3.05, 3.63) is 45.1 Å². The lowest BCUT2D eigenvalue weighted by molar-refractivity contribution is -0.400. The molecule has 1 aromatic rings. The highest BCUT2D eigenvalue weighted by molar-refractivity contribution is 5.56. The Morgan fingerprint density at radius 2 is 2.00 bits per heavy atom. The fourth-order valence-electron chi connectivity index (χ4n) is 1.35. The van der Waals surface area contributed by atoms with Crippen molar-refractivity contribution in [2.75, 3.05) is 7.11 Å². The van der Waals surface area contributed by atoms with Gasteiger partial charge in [0.25, 0.3) is 0 Å². The third-order valence-corrected chi connectivity index (χ3v) is 2.16. The molecule has 15 heavy (non-hydrogen) atoms. The second-order valence-corrected chi connectivity index (χ2v) is 3.28. The van der Waals surface area contributed by atoms with Crippen molar-refractivity contribution in [1.82, 2.24) is 0 Å². The average Bonchev–Trinajstić information content (AvgIpc) is 2.18. The Bertz CT molecular complexity index is 411. The molecule has 0 aliphatic rings. The van der Waals surface area contributed by atoms with Crippen molar-refractivity contribution in [2.45, 2.75) is 13.8 Å². The smallest absolute Gasteiger partial charge is 0.235 e. The molecule has 0 aromatic heterocycles. The molecule has 1 aromatic carbocycles. The molecule has 0 saturated heterocycles. The molecule has 0 aliphatic carbocycles. The van der Waals surface area contributed by atoms with E-state index in [4.69, 9.17) is 4.74 Å². The Morgan fingerprint density at radius 1 is 1.33 bits per heavy atom. The van der Waals surface area contributed by atoms with Gasteiger partial charge in [0.2, 0.25) is 6.20 Å². The zero-order valence-corrected chi connectivity index (χ0v) is 8.98. The first kappa shape index (κ1) is 11.2. The van der Waals surface area contributed by atoms with Crippen LogP contribution in [0.3, 0.4) is 0 Å². The Balaban J connectivity index is 3.10. The normalized spacial score (nSPS) is 10.6. The summed E-state index contributed by atoms with van der Waals surface area (Å²) in [6.45, 7) is 3.79. The number of aryl methyl sites for hydroxylation is 2. The maximum atomic E-state index is 10.2. The lowest BCUT2D eigenvalue weighted by Gasteiger charge is -2.07. The fourth-order valence-corrected chi connectivity index (χ4v) is 1.35. The number of hydrogen-bond donors (Lipinski definition) is 0. The predicted octanol–water partition coefficient (Wildman–Crippen LogP) is 2.56. The molecular formula is C11H13NO3. The van der Waals surface area contributed by atoms with Gasteiger partial charge >= 0.3 is 0 Å². The number of rotatable bonds is 3. The number of methoxy groups -OCH3 is 1. The largest absolute Gasteiger partial charge is 0.496 e. The van der Waals surface area contributed by atoms with Crippen molar-refractivity contribution >= 4 is 6.08 Å². The van der Waals surface area contributed by atoms with Crippen molar-refractivity contribution < 1.29 is 9.66 Å². The standard InChI is InChI=1S/C11H13NO3/c1-8-7-11(15-3)9(2)6-10(8)4-5-12(13)14/h4-7H,1-3H3/b5-4+. The minimum Gasteiger partial charge on any atom is -0.496 e. The van der Waals surface area contributed by atoms with Crippen LogP contribution in [-0.2, 0) is 0 Å². The number of nitro groups is 1. The Labute approximate surface area is 88.3 Å². The molecule has 0 N–H and O–H groups in total. The highest BCUT2D eigenvalue weighted by atomic mass is 16.6. The fraction of sp³-hybridized carbons (Fsp3) is 0.273. The summed E-state index contributed by atoms with van der Waals surface area (Å²) in [6.07, 6.45) is 2.43. The topological polar surface area (TPSA) is 52.4 Å². The Morgan fingerprint density at radius 3 is 2.53 bits per heavy atom. The van der Waals surface area contributed by atoms with Gasteiger partial charge in [0.15, 0.2) is 0 Å². The second kappa shape index (κ2) is 4.59. The summed E-state index contributed by atoms with van der Waals surface area (Å²) in [7, 11) is 1.61. The first-order valence-corrected chi connectivity index (χ1v) is 4.51. The van der Waals surface area contributed by atoms with Crippen LogP contribution < -0.4 is 4.74 Å². The van der Waals surface area contributed by atoms with Crippen LogP contribution in [0.5, 0.6) is 5.75 Å². The van der Waals surface area contributed by atoms with Crippen LogP contribution in [-0.4, -0.2) is 12.0 Å². The van der Waals surface area contributed by atoms with Crippen LogP contribution in [0.15, 0.2) is 18.3 Å². The van der Waals surface area contributed by atoms with Crippen LogP contribution in [0.2, 0.25) is 0 Å². The average molecular weight is 207 g/mol. The third-order valence-electron chi connectivity index (χ3n) is 2.16. The summed E-state index contributed by atoms with van der Waals surface area (Å²) >= 11 is 0. The van der Waals surface area contributed by atoms with Crippen molar-refractivity contribution in [3.8, 4) is 5.75 Å². The molecule has 0 fully saturated rings. The van der Waals surface area contributed by atoms with Crippen LogP contribution in [0.25, 0.3) is 6.08 Å². The van der Waals surface area contributed by atoms with Crippen molar-refractivity contribution in [2.24, 2.45) is 0 Å². The van der Waals surface area contributed by atoms with E-state index in [-0.39, 0.29) is 0 Å². The minimum atomic E-state index is -0.473. The predicted molar refractivity (Wildman–Crippen MR) is 58.5 cm³/mol. The number of hydrogen-bond acceptors (Lipinski definition) is 3. The maximum Gasteiger partial charge on any atom is 0.235 e. The van der Waals surface area contributed by atoms with Gasteiger partial charge in [-0.3, -0.25) is 10.1 Å². The monoisotopic (exact) mass is 207 g/mol. The number of ether oxygens (including phenoxy) is 1. The summed E-state index contributed by atoms with van der Waals surface area (Å²) in [4.78, 5) is 9.71. The van der Waals surface area contributed by atoms with Crippen LogP contribution in [0, 0.1) is 24.0 Å². The van der Waals surface area contributed by atoms with E-state index in [9.17, 15) is 10.1 Å². The van der Waals surface area contributed by atoms with Gasteiger partial charge in [-0.05, 0) is 42.7 Å². The first-order chi connectivity index (χ1) is 7.04. The summed E-state index contributed by atoms with van der Waals surface area (Å²) in [6, 6.07) is 3.74. The first-order valence-electron chi connectivity index (χ1n) is 4.51. The second-order valence-electron chi connectivity index (χ2n) is 3.28. The molecule has 0 aliphatic heterocycles. The molecule has 0 heterocycles. The van der Waals surface area contributed by atoms with Gasteiger partial charge in [-0.25, -0.2) is 0 Å². The molecule has 4 nitrogen and oxygen atoms in total. The van der Waals surface area contributed by atoms with Crippen LogP contribution in [0.1, 0.15) is 16.7 Å². The zero-order valence-electron chi connectivity index (χ0n) is 8.98. The van der Waals surface area contributed by atoms with Gasteiger partial charge < -0.3 is 4.74 Å². The van der Waals surface area contributed by atoms with E-state index in [1.165, 1.54) is 6.08 Å². The molecule has 0 spiro atoms. The lowest BCUT2D eigenvalue weighted by atomic mass is 10.0. The van der Waals surface area contributed by atoms with E-state index >= 15 is 0 Å². The quantitative estimate of drug-likeness (QED) is 0.565. The van der Waals surface area contributed by atoms with E-state index in [2.05, 4.69) is 0 Å². The van der Waals surface area contributed by atoms with E-state index in [0.717, 1.165) is 28.6 Å². The molecule has 0 atom stereocenters. The highest BCUT2D eigenvalue weighted by Gasteiger charge is 2.03. The molecule has 0 radical (unpaired) electrons. The van der Waals surface area contributed by atoms with Gasteiger partial charge in [0.1, 0.15) is 5.75 Å².